The van der Waals surface area contributed by atoms with Gasteiger partial charge in [-0.15, -0.1) is 11.3 Å². The van der Waals surface area contributed by atoms with Crippen molar-refractivity contribution in [3.05, 3.63) is 69.2 Å². The first kappa shape index (κ1) is 14.2. The fourth-order valence-electron chi connectivity index (χ4n) is 1.92. The van der Waals surface area contributed by atoms with E-state index in [2.05, 4.69) is 26.2 Å². The number of nitrogens with zero attached hydrogens (tertiary/aromatic N) is 1. The van der Waals surface area contributed by atoms with E-state index in [1.54, 1.807) is 17.4 Å². The smallest absolute Gasteiger partial charge is 0.139 e. The second kappa shape index (κ2) is 6.37. The summed E-state index contributed by atoms with van der Waals surface area (Å²) in [6.45, 7) is 0.582. The summed E-state index contributed by atoms with van der Waals surface area (Å²) in [5.41, 5.74) is 2.82. The quantitative estimate of drug-likeness (QED) is 0.678. The first-order valence-corrected chi connectivity index (χ1v) is 8.08. The van der Waals surface area contributed by atoms with Gasteiger partial charge in [0.15, 0.2) is 0 Å². The van der Waals surface area contributed by atoms with Crippen molar-refractivity contribution in [3.8, 4) is 11.3 Å². The first-order chi connectivity index (χ1) is 10.2. The third kappa shape index (κ3) is 3.49. The van der Waals surface area contributed by atoms with Crippen LogP contribution in [0, 0.1) is 5.82 Å². The second-order valence-corrected chi connectivity index (χ2v) is 6.27. The number of hydrogen-bond donors (Lipinski definition) is 1. The average molecular weight is 363 g/mol. The molecule has 0 aliphatic carbocycles. The van der Waals surface area contributed by atoms with Gasteiger partial charge in [0.1, 0.15) is 10.8 Å². The zero-order valence-electron chi connectivity index (χ0n) is 11.0. The van der Waals surface area contributed by atoms with Gasteiger partial charge in [0.25, 0.3) is 0 Å². The maximum Gasteiger partial charge on any atom is 0.139 e. The van der Waals surface area contributed by atoms with Crippen molar-refractivity contribution in [1.29, 1.82) is 0 Å². The van der Waals surface area contributed by atoms with E-state index in [-0.39, 0.29) is 5.82 Å². The van der Waals surface area contributed by atoms with Gasteiger partial charge in [-0.2, -0.15) is 0 Å². The van der Waals surface area contributed by atoms with E-state index in [0.29, 0.717) is 11.0 Å². The molecule has 0 amide bonds. The Morgan fingerprint density at radius 3 is 2.71 bits per heavy atom. The average Bonchev–Trinajstić information content (AvgIpc) is 2.98. The van der Waals surface area contributed by atoms with Crippen molar-refractivity contribution in [2.24, 2.45) is 0 Å². The predicted molar refractivity (Wildman–Crippen MR) is 89.0 cm³/mol. The normalized spacial score (nSPS) is 10.6. The zero-order chi connectivity index (χ0) is 14.7. The summed E-state index contributed by atoms with van der Waals surface area (Å²) in [6, 6.07) is 15.0. The van der Waals surface area contributed by atoms with Gasteiger partial charge in [0.2, 0.25) is 0 Å². The molecule has 0 aliphatic rings. The Labute approximate surface area is 134 Å². The first-order valence-electron chi connectivity index (χ1n) is 6.41. The number of anilines is 1. The van der Waals surface area contributed by atoms with E-state index >= 15 is 0 Å². The molecule has 21 heavy (non-hydrogen) atoms. The molecule has 0 bridgehead atoms. The Morgan fingerprint density at radius 1 is 1.14 bits per heavy atom. The fraction of sp³-hybridized carbons (Fsp3) is 0.0625. The molecule has 0 saturated heterocycles. The highest BCUT2D eigenvalue weighted by molar-refractivity contribution is 9.10. The molecule has 0 radical (unpaired) electrons. The number of halogens is 2. The summed E-state index contributed by atoms with van der Waals surface area (Å²) in [4.78, 5) is 4.59. The van der Waals surface area contributed by atoms with Crippen LogP contribution in [0.1, 0.15) is 5.01 Å². The van der Waals surface area contributed by atoms with E-state index < -0.39 is 0 Å². The number of rotatable bonds is 4. The van der Waals surface area contributed by atoms with E-state index in [1.807, 2.05) is 41.8 Å². The van der Waals surface area contributed by atoms with E-state index in [9.17, 15) is 4.39 Å². The maximum atomic E-state index is 13.4. The Hall–Kier alpha value is -1.72. The van der Waals surface area contributed by atoms with Crippen LogP contribution < -0.4 is 5.32 Å². The highest BCUT2D eigenvalue weighted by Crippen LogP contribution is 2.23. The summed E-state index contributed by atoms with van der Waals surface area (Å²) in [5.74, 6) is -0.274. The van der Waals surface area contributed by atoms with Gasteiger partial charge in [-0.25, -0.2) is 9.37 Å². The minimum atomic E-state index is -0.274. The summed E-state index contributed by atoms with van der Waals surface area (Å²) in [6.07, 6.45) is 0. The molecular weight excluding hydrogens is 351 g/mol. The number of thiazole rings is 1. The lowest BCUT2D eigenvalue weighted by Crippen LogP contribution is -1.99. The van der Waals surface area contributed by atoms with E-state index in [1.165, 1.54) is 6.07 Å². The van der Waals surface area contributed by atoms with Gasteiger partial charge in [0.05, 0.1) is 16.7 Å². The molecule has 0 unspecified atom stereocenters. The zero-order valence-corrected chi connectivity index (χ0v) is 13.4. The Balaban J connectivity index is 1.69. The lowest BCUT2D eigenvalue weighted by atomic mass is 10.2. The van der Waals surface area contributed by atoms with Gasteiger partial charge in [0, 0.05) is 16.6 Å². The number of benzene rings is 2. The number of nitrogens with one attached hydrogen (secondary N) is 1. The molecule has 1 heterocycles. The minimum absolute atomic E-state index is 0.274. The second-order valence-electron chi connectivity index (χ2n) is 4.47. The van der Waals surface area contributed by atoms with Gasteiger partial charge >= 0.3 is 0 Å². The lowest BCUT2D eigenvalue weighted by Gasteiger charge is -2.04. The monoisotopic (exact) mass is 362 g/mol. The van der Waals surface area contributed by atoms with Gasteiger partial charge in [-0.1, -0.05) is 30.3 Å². The number of hydrogen-bond acceptors (Lipinski definition) is 3. The van der Waals surface area contributed by atoms with Crippen LogP contribution in [0.3, 0.4) is 0 Å². The fourth-order valence-corrected chi connectivity index (χ4v) is 2.91. The van der Waals surface area contributed by atoms with Crippen LogP contribution in [0.5, 0.6) is 0 Å². The molecule has 0 spiro atoms. The molecule has 2 nitrogen and oxygen atoms in total. The van der Waals surface area contributed by atoms with Crippen LogP contribution in [0.4, 0.5) is 10.1 Å². The third-order valence-corrected chi connectivity index (χ3v) is 4.48. The third-order valence-electron chi connectivity index (χ3n) is 2.98. The lowest BCUT2D eigenvalue weighted by molar-refractivity contribution is 0.621. The van der Waals surface area contributed by atoms with Crippen molar-refractivity contribution in [1.82, 2.24) is 4.98 Å². The predicted octanol–water partition coefficient (Wildman–Crippen LogP) is 5.32. The standard InChI is InChI=1S/C16H12BrFN2S/c17-13-7-6-12(8-14(13)18)19-9-16-20-15(10-21-16)11-4-2-1-3-5-11/h1-8,10,19H,9H2. The summed E-state index contributed by atoms with van der Waals surface area (Å²) < 4.78 is 13.9. The molecule has 0 saturated carbocycles. The Bertz CT molecular complexity index is 743. The molecule has 0 aliphatic heterocycles. The molecule has 5 heteroatoms. The van der Waals surface area contributed by atoms with Gasteiger partial charge in [-0.3, -0.25) is 0 Å². The van der Waals surface area contributed by atoms with Crippen molar-refractivity contribution in [2.45, 2.75) is 6.54 Å². The molecule has 1 aromatic heterocycles. The molecule has 106 valence electrons. The molecule has 0 atom stereocenters. The molecule has 0 fully saturated rings. The number of aromatic nitrogens is 1. The van der Waals surface area contributed by atoms with Gasteiger partial charge < -0.3 is 5.32 Å². The summed E-state index contributed by atoms with van der Waals surface area (Å²) >= 11 is 4.74. The summed E-state index contributed by atoms with van der Waals surface area (Å²) in [7, 11) is 0. The SMILES string of the molecule is Fc1cc(NCc2nc(-c3ccccc3)cs2)ccc1Br. The summed E-state index contributed by atoms with van der Waals surface area (Å²) in [5, 5.41) is 6.19. The van der Waals surface area contributed by atoms with Crippen molar-refractivity contribution < 1.29 is 4.39 Å². The molecular formula is C16H12BrFN2S. The van der Waals surface area contributed by atoms with Crippen LogP contribution in [0.2, 0.25) is 0 Å². The molecule has 3 aromatic rings. The van der Waals surface area contributed by atoms with Crippen molar-refractivity contribution >= 4 is 33.0 Å². The van der Waals surface area contributed by atoms with Crippen LogP contribution in [-0.2, 0) is 6.54 Å². The van der Waals surface area contributed by atoms with E-state index in [4.69, 9.17) is 0 Å². The van der Waals surface area contributed by atoms with Crippen LogP contribution in [0.15, 0.2) is 58.4 Å². The van der Waals surface area contributed by atoms with E-state index in [0.717, 1.165) is 22.0 Å². The van der Waals surface area contributed by atoms with Gasteiger partial charge in [-0.05, 0) is 34.1 Å². The van der Waals surface area contributed by atoms with Crippen molar-refractivity contribution in [2.75, 3.05) is 5.32 Å². The molecule has 1 N–H and O–H groups in total. The molecule has 3 rings (SSSR count). The van der Waals surface area contributed by atoms with Crippen LogP contribution >= 0.6 is 27.3 Å². The van der Waals surface area contributed by atoms with Crippen LogP contribution in [0.25, 0.3) is 11.3 Å². The highest BCUT2D eigenvalue weighted by Gasteiger charge is 2.05. The van der Waals surface area contributed by atoms with Crippen LogP contribution in [-0.4, -0.2) is 4.98 Å². The molecule has 2 aromatic carbocycles. The largest absolute Gasteiger partial charge is 0.378 e. The highest BCUT2D eigenvalue weighted by atomic mass is 79.9. The Kier molecular flexibility index (Phi) is 4.31. The minimum Gasteiger partial charge on any atom is -0.378 e. The Morgan fingerprint density at radius 2 is 1.95 bits per heavy atom. The topological polar surface area (TPSA) is 24.9 Å². The van der Waals surface area contributed by atoms with Crippen molar-refractivity contribution in [3.63, 3.8) is 0 Å². The maximum absolute atomic E-state index is 13.4.